The van der Waals surface area contributed by atoms with Crippen molar-refractivity contribution in [3.8, 4) is 0 Å². The predicted molar refractivity (Wildman–Crippen MR) is 98.8 cm³/mol. The third-order valence-electron chi connectivity index (χ3n) is 3.74. The minimum atomic E-state index is -0.961. The number of unbranched alkanes of at least 4 members (excludes halogenated alkanes) is 7. The Morgan fingerprint density at radius 3 is 2.25 bits per heavy atom. The fourth-order valence-corrected chi connectivity index (χ4v) is 2.28. The van der Waals surface area contributed by atoms with Crippen LogP contribution in [0.25, 0.3) is 0 Å². The molecule has 1 unspecified atom stereocenters. The first kappa shape index (κ1) is 22.9. The van der Waals surface area contributed by atoms with E-state index in [2.05, 4.69) is 31.2 Å². The summed E-state index contributed by atoms with van der Waals surface area (Å²) in [4.78, 5) is 11.4. The number of carbonyl (C=O) groups excluding carboxylic acids is 1. The van der Waals surface area contributed by atoms with Crippen molar-refractivity contribution in [3.63, 3.8) is 0 Å². The van der Waals surface area contributed by atoms with Gasteiger partial charge in [-0.15, -0.1) is 0 Å². The first-order chi connectivity index (χ1) is 11.7. The number of hydrogen-bond acceptors (Lipinski definition) is 4. The van der Waals surface area contributed by atoms with Crippen LogP contribution in [0.1, 0.15) is 77.6 Å². The molecule has 0 aromatic rings. The summed E-state index contributed by atoms with van der Waals surface area (Å²) in [5, 5.41) is 17.7. The Morgan fingerprint density at radius 2 is 1.58 bits per heavy atom. The number of carbonyl (C=O) groups is 1. The highest BCUT2D eigenvalue weighted by Crippen LogP contribution is 2.10. The van der Waals surface area contributed by atoms with Gasteiger partial charge in [-0.1, -0.05) is 63.3 Å². The first-order valence-electron chi connectivity index (χ1n) is 9.45. The third-order valence-corrected chi connectivity index (χ3v) is 3.74. The quantitative estimate of drug-likeness (QED) is 0.250. The fraction of sp³-hybridized carbons (Fsp3) is 0.750. The molecular formula is C20H36O4. The summed E-state index contributed by atoms with van der Waals surface area (Å²) in [5.41, 5.74) is 0. The average molecular weight is 341 g/mol. The van der Waals surface area contributed by atoms with Crippen molar-refractivity contribution in [1.82, 2.24) is 0 Å². The van der Waals surface area contributed by atoms with Crippen LogP contribution >= 0.6 is 0 Å². The topological polar surface area (TPSA) is 66.8 Å². The smallest absolute Gasteiger partial charge is 0.305 e. The van der Waals surface area contributed by atoms with Crippen molar-refractivity contribution in [3.05, 3.63) is 24.3 Å². The normalized spacial score (nSPS) is 13.0. The van der Waals surface area contributed by atoms with Gasteiger partial charge in [-0.05, 0) is 32.1 Å². The van der Waals surface area contributed by atoms with E-state index in [1.165, 1.54) is 32.1 Å². The van der Waals surface area contributed by atoms with Gasteiger partial charge in [0.1, 0.15) is 12.7 Å². The van der Waals surface area contributed by atoms with Crippen LogP contribution < -0.4 is 0 Å². The standard InChI is InChI=1S/C20H36O4/c1-2-3-4-5-6-7-8-9-10-11-12-13-14-15-16-20(23)24-18-19(22)17-21/h3-4,6-7,19,21-22H,2,5,8-18H2,1H3. The van der Waals surface area contributed by atoms with Crippen molar-refractivity contribution in [1.29, 1.82) is 0 Å². The van der Waals surface area contributed by atoms with Gasteiger partial charge in [0.15, 0.2) is 0 Å². The largest absolute Gasteiger partial charge is 0.463 e. The molecule has 0 aliphatic rings. The van der Waals surface area contributed by atoms with E-state index in [9.17, 15) is 4.79 Å². The molecule has 0 heterocycles. The van der Waals surface area contributed by atoms with Gasteiger partial charge in [0.2, 0.25) is 0 Å². The molecule has 0 rings (SSSR count). The number of ether oxygens (including phenoxy) is 1. The van der Waals surface area contributed by atoms with E-state index in [-0.39, 0.29) is 19.2 Å². The molecule has 0 amide bonds. The highest BCUT2D eigenvalue weighted by atomic mass is 16.5. The minimum absolute atomic E-state index is 0.112. The zero-order valence-electron chi connectivity index (χ0n) is 15.3. The van der Waals surface area contributed by atoms with E-state index in [1.807, 2.05) is 0 Å². The summed E-state index contributed by atoms with van der Waals surface area (Å²) in [5.74, 6) is -0.289. The van der Waals surface area contributed by atoms with Gasteiger partial charge < -0.3 is 14.9 Å². The molecule has 1 atom stereocenters. The summed E-state index contributed by atoms with van der Waals surface area (Å²) in [6.45, 7) is 1.66. The molecule has 0 bridgehead atoms. The van der Waals surface area contributed by atoms with Gasteiger partial charge in [-0.2, -0.15) is 0 Å². The number of aliphatic hydroxyl groups excluding tert-OH is 2. The zero-order valence-corrected chi connectivity index (χ0v) is 15.3. The maximum absolute atomic E-state index is 11.4. The van der Waals surface area contributed by atoms with E-state index in [4.69, 9.17) is 14.9 Å². The van der Waals surface area contributed by atoms with Gasteiger partial charge in [-0.25, -0.2) is 0 Å². The molecule has 0 aromatic heterocycles. The van der Waals surface area contributed by atoms with Gasteiger partial charge in [0, 0.05) is 6.42 Å². The molecule has 0 aromatic carbocycles. The van der Waals surface area contributed by atoms with Crippen molar-refractivity contribution >= 4 is 5.97 Å². The predicted octanol–water partition coefficient (Wildman–Crippen LogP) is 4.31. The molecule has 24 heavy (non-hydrogen) atoms. The fourth-order valence-electron chi connectivity index (χ4n) is 2.28. The van der Waals surface area contributed by atoms with E-state index >= 15 is 0 Å². The van der Waals surface area contributed by atoms with Crippen LogP contribution in [0.2, 0.25) is 0 Å². The Hall–Kier alpha value is -1.13. The van der Waals surface area contributed by atoms with Crippen molar-refractivity contribution in [2.24, 2.45) is 0 Å². The van der Waals surface area contributed by atoms with E-state index < -0.39 is 6.10 Å². The highest BCUT2D eigenvalue weighted by Gasteiger charge is 2.07. The van der Waals surface area contributed by atoms with Gasteiger partial charge in [-0.3, -0.25) is 4.79 Å². The molecule has 4 nitrogen and oxygen atoms in total. The van der Waals surface area contributed by atoms with Crippen LogP contribution in [0.4, 0.5) is 0 Å². The minimum Gasteiger partial charge on any atom is -0.463 e. The van der Waals surface area contributed by atoms with Gasteiger partial charge in [0.25, 0.3) is 0 Å². The number of aliphatic hydroxyl groups is 2. The Bertz CT molecular complexity index is 337. The van der Waals surface area contributed by atoms with Crippen LogP contribution in [0.5, 0.6) is 0 Å². The Labute approximate surface area is 147 Å². The van der Waals surface area contributed by atoms with Gasteiger partial charge in [0.05, 0.1) is 6.61 Å². The average Bonchev–Trinajstić information content (AvgIpc) is 2.59. The first-order valence-corrected chi connectivity index (χ1v) is 9.45. The Kier molecular flexibility index (Phi) is 17.4. The van der Waals surface area contributed by atoms with Crippen molar-refractivity contribution in [2.45, 2.75) is 83.7 Å². The lowest BCUT2D eigenvalue weighted by Crippen LogP contribution is -2.21. The second-order valence-corrected chi connectivity index (χ2v) is 6.12. The van der Waals surface area contributed by atoms with Crippen molar-refractivity contribution in [2.75, 3.05) is 13.2 Å². The monoisotopic (exact) mass is 340 g/mol. The van der Waals surface area contributed by atoms with E-state index in [1.54, 1.807) is 0 Å². The molecular weight excluding hydrogens is 304 g/mol. The zero-order chi connectivity index (χ0) is 17.9. The molecule has 0 saturated heterocycles. The third kappa shape index (κ3) is 17.2. The molecule has 4 heteroatoms. The maximum Gasteiger partial charge on any atom is 0.305 e. The summed E-state index contributed by atoms with van der Waals surface area (Å²) in [6.07, 6.45) is 19.7. The number of allylic oxidation sites excluding steroid dienone is 4. The van der Waals surface area contributed by atoms with Gasteiger partial charge >= 0.3 is 5.97 Å². The second kappa shape index (κ2) is 18.2. The Balaban J connectivity index is 3.25. The second-order valence-electron chi connectivity index (χ2n) is 6.12. The molecule has 0 aliphatic carbocycles. The molecule has 2 N–H and O–H groups in total. The van der Waals surface area contributed by atoms with Crippen LogP contribution in [0.15, 0.2) is 24.3 Å². The summed E-state index contributed by atoms with van der Waals surface area (Å²) >= 11 is 0. The number of hydrogen-bond donors (Lipinski definition) is 2. The summed E-state index contributed by atoms with van der Waals surface area (Å²) in [6, 6.07) is 0. The van der Waals surface area contributed by atoms with Crippen LogP contribution in [-0.2, 0) is 9.53 Å². The molecule has 0 spiro atoms. The lowest BCUT2D eigenvalue weighted by Gasteiger charge is -2.08. The van der Waals surface area contributed by atoms with Crippen molar-refractivity contribution < 1.29 is 19.7 Å². The van der Waals surface area contributed by atoms with E-state index in [0.29, 0.717) is 6.42 Å². The molecule has 0 aliphatic heterocycles. The number of esters is 1. The molecule has 0 fully saturated rings. The number of rotatable bonds is 16. The van der Waals surface area contributed by atoms with E-state index in [0.717, 1.165) is 32.1 Å². The lowest BCUT2D eigenvalue weighted by atomic mass is 10.1. The molecule has 140 valence electrons. The maximum atomic E-state index is 11.4. The lowest BCUT2D eigenvalue weighted by molar-refractivity contribution is -0.147. The Morgan fingerprint density at radius 1 is 0.958 bits per heavy atom. The molecule has 0 radical (unpaired) electrons. The SMILES string of the molecule is CCC=CCC=CCCCCCCCCCC(=O)OCC(O)CO. The van der Waals surface area contributed by atoms with Crippen LogP contribution in [0.3, 0.4) is 0 Å². The summed E-state index contributed by atoms with van der Waals surface area (Å²) < 4.78 is 4.85. The molecule has 0 saturated carbocycles. The highest BCUT2D eigenvalue weighted by molar-refractivity contribution is 5.69. The summed E-state index contributed by atoms with van der Waals surface area (Å²) in [7, 11) is 0. The van der Waals surface area contributed by atoms with Crippen LogP contribution in [0, 0.1) is 0 Å². The van der Waals surface area contributed by atoms with Crippen LogP contribution in [-0.4, -0.2) is 35.5 Å².